The summed E-state index contributed by atoms with van der Waals surface area (Å²) in [6.07, 6.45) is 2.81. The number of carbonyl (C=O) groups excluding carboxylic acids is 1. The maximum absolute atomic E-state index is 10.7. The van der Waals surface area contributed by atoms with Crippen LogP contribution in [0.1, 0.15) is 33.3 Å². The fraction of sp³-hybridized carbons (Fsp3) is 0.357. The van der Waals surface area contributed by atoms with E-state index in [-0.39, 0.29) is 11.2 Å². The molecule has 2 heteroatoms. The van der Waals surface area contributed by atoms with E-state index in [4.69, 9.17) is 4.74 Å². The monoisotopic (exact) mass is 218 g/mol. The third-order valence-electron chi connectivity index (χ3n) is 2.23. The number of hydrogen-bond donors (Lipinski definition) is 0. The number of carbonyl (C=O) groups is 1. The number of hydrogen-bond acceptors (Lipinski definition) is 2. The van der Waals surface area contributed by atoms with E-state index in [0.29, 0.717) is 0 Å². The number of benzene rings is 1. The van der Waals surface area contributed by atoms with Crippen molar-refractivity contribution in [3.63, 3.8) is 0 Å². The van der Waals surface area contributed by atoms with Crippen LogP contribution in [0.3, 0.4) is 0 Å². The highest BCUT2D eigenvalue weighted by atomic mass is 16.5. The summed E-state index contributed by atoms with van der Waals surface area (Å²) in [6, 6.07) is 7.89. The van der Waals surface area contributed by atoms with Crippen molar-refractivity contribution in [3.05, 3.63) is 42.2 Å². The number of allylic oxidation sites excluding steroid dienone is 1. The summed E-state index contributed by atoms with van der Waals surface area (Å²) >= 11 is 0. The smallest absolute Gasteiger partial charge is 0.155 e. The highest BCUT2D eigenvalue weighted by Gasteiger charge is 2.12. The van der Waals surface area contributed by atoms with Crippen molar-refractivity contribution in [2.75, 3.05) is 0 Å². The first kappa shape index (κ1) is 12.5. The van der Waals surface area contributed by atoms with Crippen LogP contribution in [0.5, 0.6) is 5.75 Å². The normalized spacial score (nSPS) is 11.8. The van der Waals surface area contributed by atoms with Crippen LogP contribution in [0.15, 0.2) is 36.6 Å². The minimum absolute atomic E-state index is 0.0219. The van der Waals surface area contributed by atoms with Gasteiger partial charge in [-0.2, -0.15) is 0 Å². The average Bonchev–Trinajstić information content (AvgIpc) is 2.16. The first-order chi connectivity index (χ1) is 7.39. The first-order valence-corrected chi connectivity index (χ1v) is 5.34. The Bertz CT molecular complexity index is 380. The lowest BCUT2D eigenvalue weighted by molar-refractivity contribution is -0.112. The fourth-order valence-corrected chi connectivity index (χ4v) is 1.24. The molecule has 0 spiro atoms. The Morgan fingerprint density at radius 1 is 1.19 bits per heavy atom. The van der Waals surface area contributed by atoms with Crippen molar-refractivity contribution in [2.24, 2.45) is 0 Å². The Kier molecular flexibility index (Phi) is 3.88. The van der Waals surface area contributed by atoms with Gasteiger partial charge in [0, 0.05) is 6.08 Å². The van der Waals surface area contributed by atoms with Crippen LogP contribution in [-0.2, 0) is 10.2 Å². The van der Waals surface area contributed by atoms with Crippen LogP contribution in [0.4, 0.5) is 0 Å². The Labute approximate surface area is 96.9 Å². The van der Waals surface area contributed by atoms with E-state index in [1.807, 2.05) is 24.3 Å². The molecule has 0 aliphatic carbocycles. The second kappa shape index (κ2) is 4.97. The van der Waals surface area contributed by atoms with Gasteiger partial charge in [-0.3, -0.25) is 4.79 Å². The van der Waals surface area contributed by atoms with Gasteiger partial charge in [0.15, 0.2) is 5.78 Å². The molecule has 1 aromatic carbocycles. The molecule has 0 amide bonds. The Morgan fingerprint density at radius 2 is 1.75 bits per heavy atom. The van der Waals surface area contributed by atoms with Crippen LogP contribution < -0.4 is 4.74 Å². The predicted molar refractivity (Wildman–Crippen MR) is 65.6 cm³/mol. The molecule has 0 bridgehead atoms. The number of rotatable bonds is 3. The van der Waals surface area contributed by atoms with Gasteiger partial charge in [0.25, 0.3) is 0 Å². The molecular weight excluding hydrogens is 200 g/mol. The van der Waals surface area contributed by atoms with Crippen molar-refractivity contribution >= 4 is 5.78 Å². The molecule has 0 aromatic heterocycles. The van der Waals surface area contributed by atoms with Crippen LogP contribution in [-0.4, -0.2) is 5.78 Å². The fourth-order valence-electron chi connectivity index (χ4n) is 1.24. The van der Waals surface area contributed by atoms with Crippen molar-refractivity contribution in [1.82, 2.24) is 0 Å². The minimum Gasteiger partial charge on any atom is -0.465 e. The molecule has 0 aliphatic rings. The summed E-state index contributed by atoms with van der Waals surface area (Å²) < 4.78 is 5.28. The number of ether oxygens (including phenoxy) is 1. The van der Waals surface area contributed by atoms with Crippen LogP contribution >= 0.6 is 0 Å². The lowest BCUT2D eigenvalue weighted by atomic mass is 9.87. The molecule has 0 unspecified atom stereocenters. The molecule has 1 aromatic rings. The highest BCUT2D eigenvalue weighted by molar-refractivity contribution is 5.86. The molecule has 16 heavy (non-hydrogen) atoms. The Balaban J connectivity index is 2.69. The molecule has 0 radical (unpaired) electrons. The summed E-state index contributed by atoms with van der Waals surface area (Å²) in [5.74, 6) is 0.719. The molecule has 0 saturated heterocycles. The van der Waals surface area contributed by atoms with Gasteiger partial charge in [-0.1, -0.05) is 32.9 Å². The van der Waals surface area contributed by atoms with E-state index in [2.05, 4.69) is 20.8 Å². The molecule has 86 valence electrons. The second-order valence-corrected chi connectivity index (χ2v) is 4.81. The van der Waals surface area contributed by atoms with E-state index in [9.17, 15) is 4.79 Å². The zero-order valence-corrected chi connectivity index (χ0v) is 10.3. The zero-order valence-electron chi connectivity index (χ0n) is 10.3. The zero-order chi connectivity index (χ0) is 12.2. The molecule has 0 fully saturated rings. The SMILES string of the molecule is CC(=O)/C=C/Oc1ccc(C(C)(C)C)cc1. The number of ketones is 1. The van der Waals surface area contributed by atoms with E-state index >= 15 is 0 Å². The minimum atomic E-state index is -0.0219. The summed E-state index contributed by atoms with van der Waals surface area (Å²) in [7, 11) is 0. The van der Waals surface area contributed by atoms with E-state index in [1.54, 1.807) is 0 Å². The highest BCUT2D eigenvalue weighted by Crippen LogP contribution is 2.24. The van der Waals surface area contributed by atoms with Gasteiger partial charge in [0.05, 0.1) is 6.26 Å². The topological polar surface area (TPSA) is 26.3 Å². The molecule has 2 nitrogen and oxygen atoms in total. The van der Waals surface area contributed by atoms with Crippen molar-refractivity contribution in [1.29, 1.82) is 0 Å². The Morgan fingerprint density at radius 3 is 2.19 bits per heavy atom. The maximum Gasteiger partial charge on any atom is 0.155 e. The van der Waals surface area contributed by atoms with E-state index < -0.39 is 0 Å². The van der Waals surface area contributed by atoms with Gasteiger partial charge in [0.2, 0.25) is 0 Å². The predicted octanol–water partition coefficient (Wildman–Crippen LogP) is 3.47. The van der Waals surface area contributed by atoms with Crippen LogP contribution in [0.25, 0.3) is 0 Å². The lowest BCUT2D eigenvalue weighted by Gasteiger charge is -2.18. The molecule has 0 N–H and O–H groups in total. The van der Waals surface area contributed by atoms with Gasteiger partial charge >= 0.3 is 0 Å². The largest absolute Gasteiger partial charge is 0.465 e. The van der Waals surface area contributed by atoms with Crippen LogP contribution in [0.2, 0.25) is 0 Å². The molecule has 0 heterocycles. The summed E-state index contributed by atoms with van der Waals surface area (Å²) in [4.78, 5) is 10.7. The standard InChI is InChI=1S/C14H18O2/c1-11(15)9-10-16-13-7-5-12(6-8-13)14(2,3)4/h5-10H,1-4H3/b10-9+. The van der Waals surface area contributed by atoms with Gasteiger partial charge in [-0.25, -0.2) is 0 Å². The van der Waals surface area contributed by atoms with Crippen molar-refractivity contribution in [3.8, 4) is 5.75 Å². The summed E-state index contributed by atoms with van der Waals surface area (Å²) in [5.41, 5.74) is 1.41. The quantitative estimate of drug-likeness (QED) is 0.573. The van der Waals surface area contributed by atoms with E-state index in [1.165, 1.54) is 24.8 Å². The molecular formula is C14H18O2. The van der Waals surface area contributed by atoms with E-state index in [0.717, 1.165) is 5.75 Å². The third-order valence-corrected chi connectivity index (χ3v) is 2.23. The van der Waals surface area contributed by atoms with Crippen LogP contribution in [0, 0.1) is 0 Å². The molecule has 0 saturated carbocycles. The summed E-state index contributed by atoms with van der Waals surface area (Å²) in [5, 5.41) is 0. The maximum atomic E-state index is 10.7. The second-order valence-electron chi connectivity index (χ2n) is 4.81. The Hall–Kier alpha value is -1.57. The molecule has 1 rings (SSSR count). The first-order valence-electron chi connectivity index (χ1n) is 5.34. The molecule has 0 atom stereocenters. The lowest BCUT2D eigenvalue weighted by Crippen LogP contribution is -2.10. The van der Waals surface area contributed by atoms with Crippen molar-refractivity contribution in [2.45, 2.75) is 33.1 Å². The van der Waals surface area contributed by atoms with Gasteiger partial charge in [-0.05, 0) is 30.0 Å². The third kappa shape index (κ3) is 3.89. The van der Waals surface area contributed by atoms with Gasteiger partial charge in [-0.15, -0.1) is 0 Å². The summed E-state index contributed by atoms with van der Waals surface area (Å²) in [6.45, 7) is 7.98. The van der Waals surface area contributed by atoms with Crippen molar-refractivity contribution < 1.29 is 9.53 Å². The van der Waals surface area contributed by atoms with Gasteiger partial charge in [0.1, 0.15) is 5.75 Å². The molecule has 0 aliphatic heterocycles. The average molecular weight is 218 g/mol. The van der Waals surface area contributed by atoms with Gasteiger partial charge < -0.3 is 4.74 Å².